The average Bonchev–Trinajstić information content (AvgIpc) is 2.47. The third kappa shape index (κ3) is 5.37. The summed E-state index contributed by atoms with van der Waals surface area (Å²) in [5.41, 5.74) is 2.10. The lowest BCUT2D eigenvalue weighted by Crippen LogP contribution is -2.52. The predicted octanol–water partition coefficient (Wildman–Crippen LogP) is 3.21. The quantitative estimate of drug-likeness (QED) is 0.657. The van der Waals surface area contributed by atoms with E-state index in [1.165, 1.54) is 6.20 Å². The van der Waals surface area contributed by atoms with Crippen molar-refractivity contribution in [1.29, 1.82) is 0 Å². The standard InChI is InChI=1S/C14H20Cl2N4O3/c1-14(2,3)23-13(21)19-20(9-4-6-22-7-5-9)11-10(15)8-17-12(16)18-11/h8-9H,4-7H2,1-3H3,(H,19,21). The van der Waals surface area contributed by atoms with Gasteiger partial charge >= 0.3 is 6.09 Å². The second-order valence-electron chi connectivity index (χ2n) is 6.14. The minimum Gasteiger partial charge on any atom is -0.443 e. The molecule has 2 rings (SSSR count). The van der Waals surface area contributed by atoms with Gasteiger partial charge in [-0.15, -0.1) is 0 Å². The highest BCUT2D eigenvalue weighted by Crippen LogP contribution is 2.27. The van der Waals surface area contributed by atoms with Crippen LogP contribution in [0.25, 0.3) is 0 Å². The van der Waals surface area contributed by atoms with E-state index < -0.39 is 11.7 Å². The molecule has 1 aromatic rings. The van der Waals surface area contributed by atoms with Crippen molar-refractivity contribution in [3.05, 3.63) is 16.5 Å². The van der Waals surface area contributed by atoms with E-state index in [-0.39, 0.29) is 16.3 Å². The van der Waals surface area contributed by atoms with Crippen LogP contribution in [-0.4, -0.2) is 40.9 Å². The molecule has 0 spiro atoms. The fourth-order valence-electron chi connectivity index (χ4n) is 2.17. The van der Waals surface area contributed by atoms with Crippen LogP contribution in [0.3, 0.4) is 0 Å². The summed E-state index contributed by atoms with van der Waals surface area (Å²) in [6, 6.07) is -0.0280. The second kappa shape index (κ2) is 7.51. The van der Waals surface area contributed by atoms with Crippen molar-refractivity contribution in [2.75, 3.05) is 18.2 Å². The molecule has 1 N–H and O–H groups in total. The van der Waals surface area contributed by atoms with Crippen molar-refractivity contribution in [3.63, 3.8) is 0 Å². The highest BCUT2D eigenvalue weighted by molar-refractivity contribution is 6.33. The van der Waals surface area contributed by atoms with Gasteiger partial charge in [0.05, 0.1) is 12.2 Å². The smallest absolute Gasteiger partial charge is 0.426 e. The lowest BCUT2D eigenvalue weighted by atomic mass is 10.1. The Morgan fingerprint density at radius 1 is 1.39 bits per heavy atom. The first-order valence-electron chi connectivity index (χ1n) is 7.31. The number of hydrogen-bond acceptors (Lipinski definition) is 6. The Kier molecular flexibility index (Phi) is 5.89. The molecule has 1 saturated heterocycles. The van der Waals surface area contributed by atoms with Crippen LogP contribution in [-0.2, 0) is 9.47 Å². The predicted molar refractivity (Wildman–Crippen MR) is 87.7 cm³/mol. The number of nitrogens with zero attached hydrogens (tertiary/aromatic N) is 3. The summed E-state index contributed by atoms with van der Waals surface area (Å²) < 4.78 is 10.7. The molecule has 0 aromatic carbocycles. The summed E-state index contributed by atoms with van der Waals surface area (Å²) in [6.07, 6.45) is 2.24. The van der Waals surface area contributed by atoms with Crippen molar-refractivity contribution in [3.8, 4) is 0 Å². The number of anilines is 1. The van der Waals surface area contributed by atoms with Crippen molar-refractivity contribution in [2.45, 2.75) is 45.3 Å². The molecule has 1 fully saturated rings. The molecule has 1 aliphatic rings. The molecule has 7 nitrogen and oxygen atoms in total. The Balaban J connectivity index is 2.24. The third-order valence-electron chi connectivity index (χ3n) is 3.09. The molecule has 23 heavy (non-hydrogen) atoms. The van der Waals surface area contributed by atoms with Crippen molar-refractivity contribution in [2.24, 2.45) is 0 Å². The highest BCUT2D eigenvalue weighted by Gasteiger charge is 2.28. The summed E-state index contributed by atoms with van der Waals surface area (Å²) in [4.78, 5) is 20.1. The van der Waals surface area contributed by atoms with E-state index >= 15 is 0 Å². The number of carbonyl (C=O) groups is 1. The summed E-state index contributed by atoms with van der Waals surface area (Å²) in [5.74, 6) is 0.337. The summed E-state index contributed by atoms with van der Waals surface area (Å²) in [5, 5.41) is 1.93. The van der Waals surface area contributed by atoms with E-state index in [1.54, 1.807) is 25.8 Å². The first-order valence-corrected chi connectivity index (χ1v) is 8.06. The number of hydrogen-bond donors (Lipinski definition) is 1. The van der Waals surface area contributed by atoms with Crippen LogP contribution < -0.4 is 10.4 Å². The lowest BCUT2D eigenvalue weighted by Gasteiger charge is -2.35. The maximum atomic E-state index is 12.2. The highest BCUT2D eigenvalue weighted by atomic mass is 35.5. The molecule has 0 atom stereocenters. The number of nitrogens with one attached hydrogen (secondary N) is 1. The van der Waals surface area contributed by atoms with Gasteiger partial charge in [-0.05, 0) is 45.2 Å². The molecule has 128 valence electrons. The lowest BCUT2D eigenvalue weighted by molar-refractivity contribution is 0.0476. The van der Waals surface area contributed by atoms with Gasteiger partial charge in [0, 0.05) is 13.2 Å². The minimum absolute atomic E-state index is 0.0280. The average molecular weight is 363 g/mol. The van der Waals surface area contributed by atoms with Gasteiger partial charge in [-0.25, -0.2) is 15.2 Å². The topological polar surface area (TPSA) is 76.6 Å². The molecule has 9 heteroatoms. The summed E-state index contributed by atoms with van der Waals surface area (Å²) in [6.45, 7) is 6.56. The minimum atomic E-state index is -0.613. The fourth-order valence-corrected chi connectivity index (χ4v) is 2.48. The van der Waals surface area contributed by atoms with Gasteiger partial charge in [0.15, 0.2) is 5.82 Å². The zero-order valence-electron chi connectivity index (χ0n) is 13.3. The second-order valence-corrected chi connectivity index (χ2v) is 6.88. The van der Waals surface area contributed by atoms with E-state index in [0.29, 0.717) is 31.9 Å². The van der Waals surface area contributed by atoms with Crippen molar-refractivity contribution < 1.29 is 14.3 Å². The van der Waals surface area contributed by atoms with Gasteiger partial charge in [0.2, 0.25) is 5.28 Å². The monoisotopic (exact) mass is 362 g/mol. The van der Waals surface area contributed by atoms with Gasteiger partial charge < -0.3 is 9.47 Å². The molecule has 0 radical (unpaired) electrons. The van der Waals surface area contributed by atoms with Crippen LogP contribution >= 0.6 is 23.2 Å². The molecular weight excluding hydrogens is 343 g/mol. The number of rotatable bonds is 3. The molecule has 1 aromatic heterocycles. The number of halogens is 2. The van der Waals surface area contributed by atoms with E-state index in [1.807, 2.05) is 0 Å². The zero-order chi connectivity index (χ0) is 17.0. The van der Waals surface area contributed by atoms with Crippen molar-refractivity contribution in [1.82, 2.24) is 15.4 Å². The maximum Gasteiger partial charge on any atom is 0.426 e. The van der Waals surface area contributed by atoms with Crippen LogP contribution in [0.2, 0.25) is 10.3 Å². The van der Waals surface area contributed by atoms with E-state index in [0.717, 1.165) is 0 Å². The number of aromatic nitrogens is 2. The normalized spacial score (nSPS) is 16.0. The Hall–Kier alpha value is -1.31. The maximum absolute atomic E-state index is 12.2. The summed E-state index contributed by atoms with van der Waals surface area (Å²) >= 11 is 12.0. The van der Waals surface area contributed by atoms with Gasteiger partial charge in [-0.3, -0.25) is 5.01 Å². The Morgan fingerprint density at radius 2 is 2.04 bits per heavy atom. The SMILES string of the molecule is CC(C)(C)OC(=O)NN(c1nc(Cl)ncc1Cl)C1CCOCC1. The van der Waals surface area contributed by atoms with Gasteiger partial charge in [-0.2, -0.15) is 4.98 Å². The van der Waals surface area contributed by atoms with Crippen LogP contribution in [0.5, 0.6) is 0 Å². The summed E-state index contributed by atoms with van der Waals surface area (Å²) in [7, 11) is 0. The first-order chi connectivity index (χ1) is 10.8. The van der Waals surface area contributed by atoms with Crippen molar-refractivity contribution >= 4 is 35.1 Å². The van der Waals surface area contributed by atoms with Crippen LogP contribution in [0.1, 0.15) is 33.6 Å². The van der Waals surface area contributed by atoms with Crippen LogP contribution in [0.4, 0.5) is 10.6 Å². The van der Waals surface area contributed by atoms with Gasteiger partial charge in [0.25, 0.3) is 0 Å². The molecule has 0 bridgehead atoms. The number of hydrazine groups is 1. The molecule has 1 amide bonds. The van der Waals surface area contributed by atoms with E-state index in [4.69, 9.17) is 32.7 Å². The Bertz CT molecular complexity index is 559. The third-order valence-corrected chi connectivity index (χ3v) is 3.54. The van der Waals surface area contributed by atoms with Gasteiger partial charge in [0.1, 0.15) is 10.6 Å². The number of carbonyl (C=O) groups excluding carboxylic acids is 1. The van der Waals surface area contributed by atoms with Crippen LogP contribution in [0, 0.1) is 0 Å². The first kappa shape index (κ1) is 18.0. The molecule has 0 saturated carbocycles. The molecular formula is C14H20Cl2N4O3. The number of ether oxygens (including phenoxy) is 2. The molecule has 1 aliphatic heterocycles. The van der Waals surface area contributed by atoms with E-state index in [2.05, 4.69) is 15.4 Å². The Morgan fingerprint density at radius 3 is 2.65 bits per heavy atom. The van der Waals surface area contributed by atoms with Gasteiger partial charge in [-0.1, -0.05) is 11.6 Å². The van der Waals surface area contributed by atoms with Crippen LogP contribution in [0.15, 0.2) is 6.20 Å². The largest absolute Gasteiger partial charge is 0.443 e. The number of amides is 1. The Labute approximate surface area is 145 Å². The molecule has 2 heterocycles. The fraction of sp³-hybridized carbons (Fsp3) is 0.643. The zero-order valence-corrected chi connectivity index (χ0v) is 14.8. The van der Waals surface area contributed by atoms with E-state index in [9.17, 15) is 4.79 Å². The molecule has 0 unspecified atom stereocenters. The molecule has 0 aliphatic carbocycles.